The predicted molar refractivity (Wildman–Crippen MR) is 112 cm³/mol. The van der Waals surface area contributed by atoms with Crippen LogP contribution < -0.4 is 5.32 Å². The number of thiazole rings is 1. The van der Waals surface area contributed by atoms with Crippen LogP contribution in [0.15, 0.2) is 29.6 Å². The van der Waals surface area contributed by atoms with Crippen molar-refractivity contribution in [1.29, 1.82) is 0 Å². The highest BCUT2D eigenvalue weighted by Crippen LogP contribution is 2.31. The number of halogens is 1. The van der Waals surface area contributed by atoms with Crippen LogP contribution in [-0.2, 0) is 27.1 Å². The Labute approximate surface area is 175 Å². The molecule has 1 amide bonds. The molecule has 1 saturated heterocycles. The lowest BCUT2D eigenvalue weighted by atomic mass is 9.99. The molecule has 1 aliphatic heterocycles. The van der Waals surface area contributed by atoms with Crippen molar-refractivity contribution in [2.45, 2.75) is 44.4 Å². The third kappa shape index (κ3) is 5.53. The van der Waals surface area contributed by atoms with Crippen LogP contribution >= 0.6 is 22.9 Å². The highest BCUT2D eigenvalue weighted by Gasteiger charge is 2.30. The van der Waals surface area contributed by atoms with E-state index in [4.69, 9.17) is 11.6 Å². The summed E-state index contributed by atoms with van der Waals surface area (Å²) in [6.07, 6.45) is 1.97. The highest BCUT2D eigenvalue weighted by atomic mass is 35.5. The molecule has 28 heavy (non-hydrogen) atoms. The van der Waals surface area contributed by atoms with Gasteiger partial charge in [-0.3, -0.25) is 4.79 Å². The van der Waals surface area contributed by atoms with Crippen molar-refractivity contribution in [3.8, 4) is 0 Å². The van der Waals surface area contributed by atoms with Gasteiger partial charge in [0.1, 0.15) is 0 Å². The van der Waals surface area contributed by atoms with Gasteiger partial charge in [-0.25, -0.2) is 17.7 Å². The van der Waals surface area contributed by atoms with Gasteiger partial charge in [0.2, 0.25) is 15.9 Å². The molecule has 1 aliphatic rings. The van der Waals surface area contributed by atoms with Crippen molar-refractivity contribution in [2.24, 2.45) is 0 Å². The lowest BCUT2D eigenvalue weighted by Gasteiger charge is -2.30. The molecule has 1 aromatic heterocycles. The third-order valence-electron chi connectivity index (χ3n) is 4.82. The van der Waals surface area contributed by atoms with Gasteiger partial charge in [0, 0.05) is 35.8 Å². The number of hydrogen-bond donors (Lipinski definition) is 1. The summed E-state index contributed by atoms with van der Waals surface area (Å²) in [6, 6.07) is 6.92. The number of hydrogen-bond acceptors (Lipinski definition) is 5. The van der Waals surface area contributed by atoms with Crippen LogP contribution in [0.2, 0.25) is 5.02 Å². The number of benzene rings is 1. The standard InChI is InChI=1S/C19H24ClN3O3S2/c1-2-18(24)21-11-17-12-27-19(22-17)15-7-9-23(10-8-15)28(25,26)13-14-3-5-16(20)6-4-14/h3-6,12,15H,2,7-11,13H2,1H3,(H,21,24). The number of carbonyl (C=O) groups is 1. The molecule has 152 valence electrons. The van der Waals surface area contributed by atoms with E-state index >= 15 is 0 Å². The summed E-state index contributed by atoms with van der Waals surface area (Å²) in [5, 5.41) is 6.41. The first-order chi connectivity index (χ1) is 13.4. The Morgan fingerprint density at radius 2 is 1.96 bits per heavy atom. The minimum atomic E-state index is -3.34. The Morgan fingerprint density at radius 1 is 1.29 bits per heavy atom. The number of carbonyl (C=O) groups excluding carboxylic acids is 1. The molecular formula is C19H24ClN3O3S2. The molecule has 6 nitrogen and oxygen atoms in total. The van der Waals surface area contributed by atoms with Crippen molar-refractivity contribution in [2.75, 3.05) is 13.1 Å². The third-order valence-corrected chi connectivity index (χ3v) is 7.97. The molecule has 1 N–H and O–H groups in total. The Kier molecular flexibility index (Phi) is 7.09. The summed E-state index contributed by atoms with van der Waals surface area (Å²) in [5.74, 6) is 0.268. The van der Waals surface area contributed by atoms with E-state index in [9.17, 15) is 13.2 Å². The van der Waals surface area contributed by atoms with Gasteiger partial charge in [-0.2, -0.15) is 0 Å². The molecule has 2 aromatic rings. The summed E-state index contributed by atoms with van der Waals surface area (Å²) in [7, 11) is -3.34. The molecule has 3 rings (SSSR count). The van der Waals surface area contributed by atoms with Crippen LogP contribution in [0.25, 0.3) is 0 Å². The van der Waals surface area contributed by atoms with E-state index in [1.54, 1.807) is 39.9 Å². The summed E-state index contributed by atoms with van der Waals surface area (Å²) < 4.78 is 27.0. The van der Waals surface area contributed by atoms with E-state index < -0.39 is 10.0 Å². The fourth-order valence-electron chi connectivity index (χ4n) is 3.17. The zero-order chi connectivity index (χ0) is 20.1. The van der Waals surface area contributed by atoms with Crippen molar-refractivity contribution in [3.05, 3.63) is 50.9 Å². The van der Waals surface area contributed by atoms with Gasteiger partial charge < -0.3 is 5.32 Å². The second kappa shape index (κ2) is 9.35. The van der Waals surface area contributed by atoms with Crippen LogP contribution in [0.5, 0.6) is 0 Å². The Balaban J connectivity index is 1.54. The van der Waals surface area contributed by atoms with E-state index in [0.29, 0.717) is 31.1 Å². The maximum absolute atomic E-state index is 12.7. The fraction of sp³-hybridized carbons (Fsp3) is 0.474. The molecule has 1 aromatic carbocycles. The molecule has 0 aliphatic carbocycles. The van der Waals surface area contributed by atoms with Gasteiger partial charge in [0.25, 0.3) is 0 Å². The summed E-state index contributed by atoms with van der Waals surface area (Å²) in [6.45, 7) is 3.26. The lowest BCUT2D eigenvalue weighted by Crippen LogP contribution is -2.38. The van der Waals surface area contributed by atoms with Gasteiger partial charge in [-0.1, -0.05) is 30.7 Å². The van der Waals surface area contributed by atoms with Gasteiger partial charge in [-0.15, -0.1) is 11.3 Å². The molecule has 0 bridgehead atoms. The number of nitrogens with one attached hydrogen (secondary N) is 1. The van der Waals surface area contributed by atoms with Gasteiger partial charge in [0.15, 0.2) is 0 Å². The first-order valence-corrected chi connectivity index (χ1v) is 12.2. The Morgan fingerprint density at radius 3 is 2.61 bits per heavy atom. The van der Waals surface area contributed by atoms with E-state index in [2.05, 4.69) is 10.3 Å². The zero-order valence-corrected chi connectivity index (χ0v) is 18.1. The second-order valence-electron chi connectivity index (χ2n) is 6.86. The fourth-order valence-corrected chi connectivity index (χ4v) is 5.85. The molecule has 0 atom stereocenters. The van der Waals surface area contributed by atoms with Gasteiger partial charge in [0.05, 0.1) is 23.0 Å². The average molecular weight is 442 g/mol. The molecular weight excluding hydrogens is 418 g/mol. The summed E-state index contributed by atoms with van der Waals surface area (Å²) >= 11 is 7.45. The molecule has 0 unspecified atom stereocenters. The van der Waals surface area contributed by atoms with Crippen molar-refractivity contribution in [1.82, 2.24) is 14.6 Å². The van der Waals surface area contributed by atoms with Crippen LogP contribution in [-0.4, -0.2) is 36.7 Å². The average Bonchev–Trinajstić information content (AvgIpc) is 3.17. The van der Waals surface area contributed by atoms with E-state index in [1.807, 2.05) is 12.3 Å². The Bertz CT molecular complexity index is 905. The topological polar surface area (TPSA) is 79.4 Å². The maximum Gasteiger partial charge on any atom is 0.220 e. The smallest absolute Gasteiger partial charge is 0.220 e. The number of piperidine rings is 1. The van der Waals surface area contributed by atoms with Crippen LogP contribution in [0.4, 0.5) is 0 Å². The van der Waals surface area contributed by atoms with E-state index in [0.717, 1.165) is 29.1 Å². The van der Waals surface area contributed by atoms with E-state index in [1.165, 1.54) is 0 Å². The molecule has 0 radical (unpaired) electrons. The maximum atomic E-state index is 12.7. The van der Waals surface area contributed by atoms with Crippen LogP contribution in [0.1, 0.15) is 48.4 Å². The molecule has 0 spiro atoms. The highest BCUT2D eigenvalue weighted by molar-refractivity contribution is 7.88. The number of amides is 1. The summed E-state index contributed by atoms with van der Waals surface area (Å²) in [5.41, 5.74) is 1.60. The number of nitrogens with zero attached hydrogens (tertiary/aromatic N) is 2. The quantitative estimate of drug-likeness (QED) is 0.712. The van der Waals surface area contributed by atoms with E-state index in [-0.39, 0.29) is 17.6 Å². The second-order valence-corrected chi connectivity index (χ2v) is 10.2. The van der Waals surface area contributed by atoms with Crippen LogP contribution in [0, 0.1) is 0 Å². The number of aromatic nitrogens is 1. The number of rotatable bonds is 7. The van der Waals surface area contributed by atoms with Gasteiger partial charge >= 0.3 is 0 Å². The minimum absolute atomic E-state index is 0.00659. The van der Waals surface area contributed by atoms with Crippen molar-refractivity contribution in [3.63, 3.8) is 0 Å². The Hall–Kier alpha value is -1.48. The monoisotopic (exact) mass is 441 g/mol. The van der Waals surface area contributed by atoms with Crippen molar-refractivity contribution < 1.29 is 13.2 Å². The largest absolute Gasteiger partial charge is 0.350 e. The normalized spacial score (nSPS) is 16.2. The molecule has 9 heteroatoms. The predicted octanol–water partition coefficient (Wildman–Crippen LogP) is 3.53. The minimum Gasteiger partial charge on any atom is -0.350 e. The first-order valence-electron chi connectivity index (χ1n) is 9.30. The zero-order valence-electron chi connectivity index (χ0n) is 15.7. The first kappa shape index (κ1) is 21.2. The van der Waals surface area contributed by atoms with Crippen LogP contribution in [0.3, 0.4) is 0 Å². The van der Waals surface area contributed by atoms with Gasteiger partial charge in [-0.05, 0) is 30.5 Å². The SMILES string of the molecule is CCC(=O)NCc1csc(C2CCN(S(=O)(=O)Cc3ccc(Cl)cc3)CC2)n1. The summed E-state index contributed by atoms with van der Waals surface area (Å²) in [4.78, 5) is 16.0. The molecule has 2 heterocycles. The molecule has 1 fully saturated rings. The number of sulfonamides is 1. The lowest BCUT2D eigenvalue weighted by molar-refractivity contribution is -0.120. The van der Waals surface area contributed by atoms with Crippen molar-refractivity contribution >= 4 is 38.9 Å². The molecule has 0 saturated carbocycles.